The molecule has 0 atom stereocenters. The fraction of sp³-hybridized carbons (Fsp3) is 0.444. The molecular weight excluding hydrogens is 232 g/mol. The van der Waals surface area contributed by atoms with Crippen LogP contribution in [-0.4, -0.2) is 18.6 Å². The van der Waals surface area contributed by atoms with Crippen LogP contribution in [-0.2, 0) is 4.84 Å². The maximum absolute atomic E-state index is 5.16. The molecule has 0 amide bonds. The third-order valence-electron chi connectivity index (χ3n) is 1.76. The van der Waals surface area contributed by atoms with Gasteiger partial charge in [0, 0.05) is 17.2 Å². The average Bonchev–Trinajstić information content (AvgIpc) is 2.10. The quantitative estimate of drug-likeness (QED) is 0.765. The summed E-state index contributed by atoms with van der Waals surface area (Å²) in [6.07, 6.45) is 1.77. The molecule has 13 heavy (non-hydrogen) atoms. The highest BCUT2D eigenvalue weighted by Gasteiger charge is 2.07. The third-order valence-corrected chi connectivity index (χ3v) is 2.19. The number of aromatic nitrogens is 1. The molecule has 0 aliphatic heterocycles. The van der Waals surface area contributed by atoms with Gasteiger partial charge in [-0.1, -0.05) is 0 Å². The van der Waals surface area contributed by atoms with Crippen LogP contribution in [0.4, 0.5) is 5.82 Å². The van der Waals surface area contributed by atoms with Crippen LogP contribution in [0, 0.1) is 6.92 Å². The maximum Gasteiger partial charge on any atom is 0.155 e. The zero-order valence-electron chi connectivity index (χ0n) is 8.04. The number of pyridine rings is 1. The first-order chi connectivity index (χ1) is 6.19. The third kappa shape index (κ3) is 2.42. The van der Waals surface area contributed by atoms with Gasteiger partial charge in [0.2, 0.25) is 0 Å². The second-order valence-corrected chi connectivity index (χ2v) is 3.59. The van der Waals surface area contributed by atoms with Gasteiger partial charge in [0.05, 0.1) is 7.11 Å². The van der Waals surface area contributed by atoms with E-state index in [0.29, 0.717) is 0 Å². The lowest BCUT2D eigenvalue weighted by Crippen LogP contribution is -2.22. The van der Waals surface area contributed by atoms with Gasteiger partial charge in [0.15, 0.2) is 5.82 Å². The number of anilines is 1. The van der Waals surface area contributed by atoms with Crippen molar-refractivity contribution in [1.82, 2.24) is 4.98 Å². The normalized spacial score (nSPS) is 10.2. The highest BCUT2D eigenvalue weighted by atomic mass is 79.9. The second kappa shape index (κ2) is 4.58. The predicted octanol–water partition coefficient (Wildman–Crippen LogP) is 2.54. The van der Waals surface area contributed by atoms with Crippen molar-refractivity contribution in [2.45, 2.75) is 13.8 Å². The number of rotatable bonds is 3. The molecule has 1 aromatic rings. The van der Waals surface area contributed by atoms with Crippen LogP contribution in [0.3, 0.4) is 0 Å². The molecule has 3 nitrogen and oxygen atoms in total. The Labute approximate surface area is 86.8 Å². The summed E-state index contributed by atoms with van der Waals surface area (Å²) >= 11 is 3.37. The molecule has 0 saturated heterocycles. The summed E-state index contributed by atoms with van der Waals surface area (Å²) in [7, 11) is 1.65. The molecule has 1 rings (SSSR count). The van der Waals surface area contributed by atoms with Gasteiger partial charge in [-0.15, -0.1) is 0 Å². The van der Waals surface area contributed by atoms with Gasteiger partial charge in [-0.05, 0) is 41.4 Å². The number of aryl methyl sites for hydroxylation is 1. The van der Waals surface area contributed by atoms with Crippen molar-refractivity contribution in [2.24, 2.45) is 0 Å². The van der Waals surface area contributed by atoms with Crippen molar-refractivity contribution in [3.8, 4) is 0 Å². The van der Waals surface area contributed by atoms with Crippen LogP contribution in [0.25, 0.3) is 0 Å². The van der Waals surface area contributed by atoms with Crippen LogP contribution in [0.2, 0.25) is 0 Å². The van der Waals surface area contributed by atoms with Crippen LogP contribution in [0.15, 0.2) is 16.7 Å². The van der Waals surface area contributed by atoms with Crippen molar-refractivity contribution in [3.63, 3.8) is 0 Å². The summed E-state index contributed by atoms with van der Waals surface area (Å²) in [6, 6.07) is 2.02. The Bertz CT molecular complexity index is 287. The smallest absolute Gasteiger partial charge is 0.155 e. The van der Waals surface area contributed by atoms with E-state index >= 15 is 0 Å². The first-order valence-corrected chi connectivity index (χ1v) is 4.92. The molecule has 0 N–H and O–H groups in total. The van der Waals surface area contributed by atoms with Gasteiger partial charge in [0.1, 0.15) is 0 Å². The zero-order valence-corrected chi connectivity index (χ0v) is 9.63. The van der Waals surface area contributed by atoms with E-state index in [-0.39, 0.29) is 0 Å². The average molecular weight is 245 g/mol. The summed E-state index contributed by atoms with van der Waals surface area (Å²) in [4.78, 5) is 9.44. The summed E-state index contributed by atoms with van der Waals surface area (Å²) < 4.78 is 0.987. The monoisotopic (exact) mass is 244 g/mol. The van der Waals surface area contributed by atoms with Gasteiger partial charge < -0.3 is 0 Å². The first-order valence-electron chi connectivity index (χ1n) is 4.12. The fourth-order valence-corrected chi connectivity index (χ4v) is 1.61. The molecule has 0 radical (unpaired) electrons. The molecule has 0 saturated carbocycles. The van der Waals surface area contributed by atoms with E-state index in [1.165, 1.54) is 0 Å². The highest BCUT2D eigenvalue weighted by molar-refractivity contribution is 9.10. The highest BCUT2D eigenvalue weighted by Crippen LogP contribution is 2.20. The molecule has 0 aliphatic carbocycles. The lowest BCUT2D eigenvalue weighted by molar-refractivity contribution is 0.168. The number of hydrogen-bond acceptors (Lipinski definition) is 3. The minimum absolute atomic E-state index is 0.784. The Morgan fingerprint density at radius 1 is 1.62 bits per heavy atom. The van der Waals surface area contributed by atoms with Crippen molar-refractivity contribution in [1.29, 1.82) is 0 Å². The maximum atomic E-state index is 5.16. The Morgan fingerprint density at radius 2 is 2.31 bits per heavy atom. The SMILES string of the molecule is CCN(OC)c1ncc(Br)cc1C. The van der Waals surface area contributed by atoms with Crippen LogP contribution >= 0.6 is 15.9 Å². The van der Waals surface area contributed by atoms with E-state index in [1.807, 2.05) is 19.9 Å². The van der Waals surface area contributed by atoms with Gasteiger partial charge in [-0.2, -0.15) is 0 Å². The van der Waals surface area contributed by atoms with E-state index in [2.05, 4.69) is 20.9 Å². The molecule has 0 unspecified atom stereocenters. The summed E-state index contributed by atoms with van der Waals surface area (Å²) in [5.41, 5.74) is 1.10. The van der Waals surface area contributed by atoms with Crippen LogP contribution < -0.4 is 5.06 Å². The standard InChI is InChI=1S/C9H13BrN2O/c1-4-12(13-3)9-7(2)5-8(10)6-11-9/h5-6H,4H2,1-3H3. The Morgan fingerprint density at radius 3 is 2.77 bits per heavy atom. The molecule has 4 heteroatoms. The number of nitrogens with zero attached hydrogens (tertiary/aromatic N) is 2. The first kappa shape index (κ1) is 10.5. The second-order valence-electron chi connectivity index (χ2n) is 2.67. The van der Waals surface area contributed by atoms with E-state index in [0.717, 1.165) is 22.4 Å². The Hall–Kier alpha value is -0.610. The number of hydroxylamine groups is 1. The van der Waals surface area contributed by atoms with Crippen LogP contribution in [0.5, 0.6) is 0 Å². The lowest BCUT2D eigenvalue weighted by atomic mass is 10.3. The van der Waals surface area contributed by atoms with Gasteiger partial charge in [0.25, 0.3) is 0 Å². The van der Waals surface area contributed by atoms with Gasteiger partial charge >= 0.3 is 0 Å². The van der Waals surface area contributed by atoms with E-state index in [4.69, 9.17) is 4.84 Å². The Kier molecular flexibility index (Phi) is 3.69. The molecule has 1 heterocycles. The molecule has 0 spiro atoms. The van der Waals surface area contributed by atoms with Crippen molar-refractivity contribution < 1.29 is 4.84 Å². The van der Waals surface area contributed by atoms with Gasteiger partial charge in [-0.25, -0.2) is 10.0 Å². The van der Waals surface area contributed by atoms with E-state index < -0.39 is 0 Å². The zero-order chi connectivity index (χ0) is 9.84. The molecular formula is C9H13BrN2O. The molecule has 0 fully saturated rings. The topological polar surface area (TPSA) is 25.4 Å². The summed E-state index contributed by atoms with van der Waals surface area (Å²) in [5, 5.41) is 1.75. The van der Waals surface area contributed by atoms with Crippen molar-refractivity contribution >= 4 is 21.7 Å². The predicted molar refractivity (Wildman–Crippen MR) is 56.7 cm³/mol. The molecule has 72 valence electrons. The fourth-order valence-electron chi connectivity index (χ4n) is 1.16. The largest absolute Gasteiger partial charge is 0.275 e. The molecule has 0 aromatic carbocycles. The van der Waals surface area contributed by atoms with E-state index in [1.54, 1.807) is 18.4 Å². The molecule has 0 bridgehead atoms. The van der Waals surface area contributed by atoms with Crippen molar-refractivity contribution in [2.75, 3.05) is 18.7 Å². The van der Waals surface area contributed by atoms with Crippen LogP contribution in [0.1, 0.15) is 12.5 Å². The summed E-state index contributed by atoms with van der Waals surface area (Å²) in [6.45, 7) is 4.81. The molecule has 0 aliphatic rings. The molecule has 1 aromatic heterocycles. The number of hydrogen-bond donors (Lipinski definition) is 0. The number of halogens is 1. The lowest BCUT2D eigenvalue weighted by Gasteiger charge is -2.20. The van der Waals surface area contributed by atoms with Gasteiger partial charge in [-0.3, -0.25) is 4.84 Å². The minimum Gasteiger partial charge on any atom is -0.275 e. The minimum atomic E-state index is 0.784. The summed E-state index contributed by atoms with van der Waals surface area (Å²) in [5.74, 6) is 0.869. The van der Waals surface area contributed by atoms with Crippen molar-refractivity contribution in [3.05, 3.63) is 22.3 Å². The van der Waals surface area contributed by atoms with E-state index in [9.17, 15) is 0 Å². The Balaban J connectivity index is 2.99.